The van der Waals surface area contributed by atoms with Crippen LogP contribution in [0.2, 0.25) is 5.02 Å². The molecule has 41 heavy (non-hydrogen) atoms. The number of hydrogen-bond acceptors (Lipinski definition) is 7. The summed E-state index contributed by atoms with van der Waals surface area (Å²) in [5.41, 5.74) is 4.61. The molecule has 0 atom stereocenters. The monoisotopic (exact) mass is 593 g/mol. The molecule has 0 unspecified atom stereocenters. The average Bonchev–Trinajstić information content (AvgIpc) is 3.39. The second-order valence-electron chi connectivity index (χ2n) is 9.22. The van der Waals surface area contributed by atoms with Crippen LogP contribution in [0, 0.1) is 5.82 Å². The number of nitrogens with one attached hydrogen (secondary N) is 1. The van der Waals surface area contributed by atoms with Gasteiger partial charge in [-0.1, -0.05) is 30.3 Å². The molecule has 0 saturated heterocycles. The third-order valence-electron chi connectivity index (χ3n) is 5.90. The summed E-state index contributed by atoms with van der Waals surface area (Å²) in [7, 11) is -3.07. The molecule has 0 spiro atoms. The van der Waals surface area contributed by atoms with Crippen LogP contribution >= 0.6 is 11.6 Å². The number of hydrogen-bond donors (Lipinski definition) is 1. The number of rotatable bonds is 11. The minimum absolute atomic E-state index is 0.0212. The van der Waals surface area contributed by atoms with E-state index in [4.69, 9.17) is 20.8 Å². The number of allylic oxidation sites excluding steroid dienone is 6. The zero-order valence-corrected chi connectivity index (χ0v) is 24.2. The summed E-state index contributed by atoms with van der Waals surface area (Å²) >= 11 is 6.48. The van der Waals surface area contributed by atoms with Gasteiger partial charge < -0.3 is 14.5 Å². The smallest absolute Gasteiger partial charge is 0.149 e. The maximum absolute atomic E-state index is 13.4. The van der Waals surface area contributed by atoms with Crippen molar-refractivity contribution in [3.63, 3.8) is 0 Å². The second-order valence-corrected chi connectivity index (χ2v) is 11.9. The Kier molecular flexibility index (Phi) is 9.75. The molecular formula is C31H29ClFN3O4S. The highest BCUT2D eigenvalue weighted by atomic mass is 35.5. The Morgan fingerprint density at radius 1 is 1.17 bits per heavy atom. The standard InChI is InChI=1S/C31H29ClFN3O4S/c1-4-35-29-11-8-23(30-13-10-26(40-30)19-34-14-15-41(3,37)38)17-27(29)21(2)36-25-9-12-31(28(32)18-25)39-20-22-6-5-7-24(33)16-22/h4-13,16-19,36H,1,14-15,20H2,2-3H3/b27-21+,34-19+,35-29-. The van der Waals surface area contributed by atoms with Crippen LogP contribution in [0.5, 0.6) is 5.75 Å². The Labute approximate surface area is 244 Å². The molecule has 0 bridgehead atoms. The number of sulfone groups is 1. The van der Waals surface area contributed by atoms with Crippen LogP contribution in [-0.4, -0.2) is 38.9 Å². The summed E-state index contributed by atoms with van der Waals surface area (Å²) in [5, 5.41) is 3.78. The highest BCUT2D eigenvalue weighted by molar-refractivity contribution is 7.90. The molecule has 1 aliphatic carbocycles. The van der Waals surface area contributed by atoms with E-state index in [0.29, 0.717) is 33.6 Å². The minimum atomic E-state index is -3.07. The lowest BCUT2D eigenvalue weighted by atomic mass is 9.97. The van der Waals surface area contributed by atoms with E-state index in [1.165, 1.54) is 30.8 Å². The molecule has 0 radical (unpaired) electrons. The Morgan fingerprint density at radius 2 is 2.00 bits per heavy atom. The SMILES string of the molecule is C=C/N=C1/C=CC(c2ccc(/C=N/CCS(C)(=O)=O)o2)=C/C1=C(/C)Nc1ccc(OCc2cccc(F)c2)c(Cl)c1. The van der Waals surface area contributed by atoms with Crippen LogP contribution in [0.4, 0.5) is 10.1 Å². The molecule has 3 aromatic rings. The molecule has 0 saturated carbocycles. The summed E-state index contributed by atoms with van der Waals surface area (Å²) in [5.74, 6) is 1.28. The van der Waals surface area contributed by atoms with Crippen molar-refractivity contribution in [2.75, 3.05) is 23.9 Å². The van der Waals surface area contributed by atoms with Gasteiger partial charge in [0.05, 0.1) is 29.2 Å². The Hall–Kier alpha value is -4.21. The van der Waals surface area contributed by atoms with Gasteiger partial charge in [-0.2, -0.15) is 0 Å². The molecule has 2 aromatic carbocycles. The van der Waals surface area contributed by atoms with Crippen molar-refractivity contribution in [1.82, 2.24) is 0 Å². The van der Waals surface area contributed by atoms with Gasteiger partial charge in [0.15, 0.2) is 0 Å². The number of anilines is 1. The Bertz CT molecular complexity index is 1700. The van der Waals surface area contributed by atoms with Crippen LogP contribution in [0.3, 0.4) is 0 Å². The van der Waals surface area contributed by atoms with Crippen molar-refractivity contribution in [2.45, 2.75) is 13.5 Å². The summed E-state index contributed by atoms with van der Waals surface area (Å²) in [6, 6.07) is 15.2. The van der Waals surface area contributed by atoms with Gasteiger partial charge in [-0.05, 0) is 73.2 Å². The van der Waals surface area contributed by atoms with E-state index in [-0.39, 0.29) is 24.7 Å². The lowest BCUT2D eigenvalue weighted by molar-refractivity contribution is 0.306. The third-order valence-corrected chi connectivity index (χ3v) is 7.12. The predicted octanol–water partition coefficient (Wildman–Crippen LogP) is 7.04. The zero-order chi connectivity index (χ0) is 29.4. The van der Waals surface area contributed by atoms with Gasteiger partial charge in [0.2, 0.25) is 0 Å². The summed E-state index contributed by atoms with van der Waals surface area (Å²) < 4.78 is 47.7. The maximum atomic E-state index is 13.4. The number of furan rings is 1. The average molecular weight is 594 g/mol. The first kappa shape index (κ1) is 29.8. The summed E-state index contributed by atoms with van der Waals surface area (Å²) in [4.78, 5) is 8.54. The molecule has 1 N–H and O–H groups in total. The molecule has 7 nitrogen and oxygen atoms in total. The number of ether oxygens (including phenoxy) is 1. The maximum Gasteiger partial charge on any atom is 0.149 e. The number of benzene rings is 2. The van der Waals surface area contributed by atoms with Gasteiger partial charge in [-0.3, -0.25) is 9.98 Å². The fraction of sp³-hybridized carbons (Fsp3) is 0.161. The lowest BCUT2D eigenvalue weighted by Gasteiger charge is -2.16. The molecule has 1 aliphatic rings. The van der Waals surface area contributed by atoms with Crippen LogP contribution in [-0.2, 0) is 16.4 Å². The molecule has 10 heteroatoms. The minimum Gasteiger partial charge on any atom is -0.487 e. The molecule has 212 valence electrons. The van der Waals surface area contributed by atoms with E-state index in [2.05, 4.69) is 21.9 Å². The van der Waals surface area contributed by atoms with E-state index in [1.807, 2.05) is 37.3 Å². The molecule has 0 aliphatic heterocycles. The Morgan fingerprint density at radius 3 is 2.73 bits per heavy atom. The first-order chi connectivity index (χ1) is 19.6. The van der Waals surface area contributed by atoms with Gasteiger partial charge in [0.25, 0.3) is 0 Å². The van der Waals surface area contributed by atoms with E-state index in [1.54, 1.807) is 30.3 Å². The van der Waals surface area contributed by atoms with Crippen molar-refractivity contribution in [3.8, 4) is 5.75 Å². The van der Waals surface area contributed by atoms with E-state index >= 15 is 0 Å². The van der Waals surface area contributed by atoms with Crippen molar-refractivity contribution in [1.29, 1.82) is 0 Å². The topological polar surface area (TPSA) is 93.3 Å². The summed E-state index contributed by atoms with van der Waals surface area (Å²) in [6.45, 7) is 6.00. The molecule has 1 aromatic heterocycles. The predicted molar refractivity (Wildman–Crippen MR) is 164 cm³/mol. The van der Waals surface area contributed by atoms with E-state index in [9.17, 15) is 12.8 Å². The summed E-state index contributed by atoms with van der Waals surface area (Å²) in [6.07, 6.45) is 9.89. The van der Waals surface area contributed by atoms with Gasteiger partial charge in [0, 0.05) is 35.0 Å². The van der Waals surface area contributed by atoms with Crippen LogP contribution < -0.4 is 10.1 Å². The molecule has 0 amide bonds. The first-order valence-corrected chi connectivity index (χ1v) is 15.1. The van der Waals surface area contributed by atoms with E-state index < -0.39 is 9.84 Å². The zero-order valence-electron chi connectivity index (χ0n) is 22.6. The van der Waals surface area contributed by atoms with E-state index in [0.717, 1.165) is 22.5 Å². The van der Waals surface area contributed by atoms with Crippen molar-refractivity contribution in [3.05, 3.63) is 125 Å². The van der Waals surface area contributed by atoms with Crippen molar-refractivity contribution < 1.29 is 22.0 Å². The van der Waals surface area contributed by atoms with Crippen LogP contribution in [0.1, 0.15) is 24.0 Å². The first-order valence-electron chi connectivity index (χ1n) is 12.6. The Balaban J connectivity index is 1.50. The number of nitrogens with zero attached hydrogens (tertiary/aromatic N) is 2. The molecular weight excluding hydrogens is 565 g/mol. The van der Waals surface area contributed by atoms with Gasteiger partial charge in [0.1, 0.15) is 39.5 Å². The normalized spacial score (nSPS) is 15.7. The fourth-order valence-corrected chi connectivity index (χ4v) is 4.59. The lowest BCUT2D eigenvalue weighted by Crippen LogP contribution is -2.09. The molecule has 1 heterocycles. The van der Waals surface area contributed by atoms with Gasteiger partial charge in [-0.25, -0.2) is 12.8 Å². The molecule has 4 rings (SSSR count). The number of halogens is 2. The highest BCUT2D eigenvalue weighted by Crippen LogP contribution is 2.31. The van der Waals surface area contributed by atoms with Crippen molar-refractivity contribution >= 4 is 44.6 Å². The second kappa shape index (κ2) is 13.4. The van der Waals surface area contributed by atoms with Crippen LogP contribution in [0.15, 0.2) is 111 Å². The van der Waals surface area contributed by atoms with Gasteiger partial charge >= 0.3 is 0 Å². The van der Waals surface area contributed by atoms with Gasteiger partial charge in [-0.15, -0.1) is 0 Å². The quantitative estimate of drug-likeness (QED) is 0.241. The third kappa shape index (κ3) is 8.64. The van der Waals surface area contributed by atoms with Crippen molar-refractivity contribution in [2.24, 2.45) is 9.98 Å². The number of aliphatic imine (C=N–C) groups is 2. The highest BCUT2D eigenvalue weighted by Gasteiger charge is 2.16. The molecule has 0 fully saturated rings. The van der Waals surface area contributed by atoms with Crippen LogP contribution in [0.25, 0.3) is 5.57 Å². The fourth-order valence-electron chi connectivity index (χ4n) is 3.92. The largest absolute Gasteiger partial charge is 0.487 e.